The average Bonchev–Trinajstić information content (AvgIpc) is 2.15. The molecule has 0 aromatic heterocycles. The zero-order valence-electron chi connectivity index (χ0n) is 9.03. The molecule has 0 aliphatic rings. The third-order valence-corrected chi connectivity index (χ3v) is 1.73. The van der Waals surface area contributed by atoms with Gasteiger partial charge in [-0.1, -0.05) is 13.3 Å². The lowest BCUT2D eigenvalue weighted by atomic mass is 10.2. The van der Waals surface area contributed by atoms with Crippen LogP contribution in [0.25, 0.3) is 0 Å². The number of rotatable bonds is 7. The maximum atomic E-state index is 11.2. The Kier molecular flexibility index (Phi) is 7.27. The molecule has 2 N–H and O–H groups in total. The number of hydrogen-bond acceptors (Lipinski definition) is 3. The summed E-state index contributed by atoms with van der Waals surface area (Å²) >= 11 is 0. The van der Waals surface area contributed by atoms with E-state index in [-0.39, 0.29) is 6.04 Å². The number of carboxylic acid groups (broad SMARTS) is 1. The fraction of sp³-hybridized carbons (Fsp3) is 0.600. The van der Waals surface area contributed by atoms with Crippen molar-refractivity contribution in [1.82, 2.24) is 5.32 Å². The van der Waals surface area contributed by atoms with Crippen molar-refractivity contribution in [2.75, 3.05) is 13.7 Å². The molecule has 0 radical (unpaired) electrons. The van der Waals surface area contributed by atoms with Crippen LogP contribution in [-0.4, -0.2) is 36.7 Å². The average molecular weight is 215 g/mol. The van der Waals surface area contributed by atoms with Gasteiger partial charge in [-0.2, -0.15) is 0 Å². The predicted molar refractivity (Wildman–Crippen MR) is 55.5 cm³/mol. The number of hydrogen-bond donors (Lipinski definition) is 2. The van der Waals surface area contributed by atoms with E-state index in [9.17, 15) is 9.59 Å². The minimum Gasteiger partial charge on any atom is -0.478 e. The van der Waals surface area contributed by atoms with Crippen LogP contribution in [0.1, 0.15) is 19.8 Å². The zero-order chi connectivity index (χ0) is 11.7. The highest BCUT2D eigenvalue weighted by Crippen LogP contribution is 1.97. The first-order valence-corrected chi connectivity index (χ1v) is 4.80. The fourth-order valence-corrected chi connectivity index (χ4v) is 1.14. The molecular weight excluding hydrogens is 198 g/mol. The van der Waals surface area contributed by atoms with E-state index in [1.54, 1.807) is 7.11 Å². The van der Waals surface area contributed by atoms with Crippen molar-refractivity contribution in [3.63, 3.8) is 0 Å². The Labute approximate surface area is 89.1 Å². The summed E-state index contributed by atoms with van der Waals surface area (Å²) in [5.74, 6) is -1.54. The Hall–Kier alpha value is -1.36. The van der Waals surface area contributed by atoms with Crippen molar-refractivity contribution in [1.29, 1.82) is 0 Å². The molecule has 5 heteroatoms. The highest BCUT2D eigenvalue weighted by molar-refractivity contribution is 5.93. The molecule has 0 aliphatic carbocycles. The van der Waals surface area contributed by atoms with Crippen LogP contribution in [0.2, 0.25) is 0 Å². The molecule has 0 spiro atoms. The Morgan fingerprint density at radius 1 is 1.47 bits per heavy atom. The molecule has 0 fully saturated rings. The number of aliphatic carboxylic acids is 1. The molecule has 0 saturated carbocycles. The Morgan fingerprint density at radius 2 is 2.13 bits per heavy atom. The van der Waals surface area contributed by atoms with Gasteiger partial charge in [0.05, 0.1) is 12.6 Å². The van der Waals surface area contributed by atoms with Crippen molar-refractivity contribution in [2.24, 2.45) is 0 Å². The number of carbonyl (C=O) groups is 2. The molecule has 0 aromatic carbocycles. The van der Waals surface area contributed by atoms with Crippen molar-refractivity contribution in [2.45, 2.75) is 25.8 Å². The molecule has 5 nitrogen and oxygen atoms in total. The molecule has 1 unspecified atom stereocenters. The van der Waals surface area contributed by atoms with Gasteiger partial charge in [-0.3, -0.25) is 4.79 Å². The summed E-state index contributed by atoms with van der Waals surface area (Å²) in [4.78, 5) is 21.3. The van der Waals surface area contributed by atoms with E-state index in [0.29, 0.717) is 6.61 Å². The molecule has 1 amide bonds. The number of amides is 1. The standard InChI is InChI=1S/C10H17NO4/c1-3-4-8(7-15-2)11-9(12)5-6-10(13)14/h5-6,8H,3-4,7H2,1-2H3,(H,11,12)(H,13,14). The molecule has 0 saturated heterocycles. The maximum absolute atomic E-state index is 11.2. The summed E-state index contributed by atoms with van der Waals surface area (Å²) in [5, 5.41) is 11.0. The fourth-order valence-electron chi connectivity index (χ4n) is 1.14. The largest absolute Gasteiger partial charge is 0.478 e. The van der Waals surface area contributed by atoms with Crippen molar-refractivity contribution in [3.05, 3.63) is 12.2 Å². The summed E-state index contributed by atoms with van der Waals surface area (Å²) < 4.78 is 4.93. The van der Waals surface area contributed by atoms with E-state index in [4.69, 9.17) is 9.84 Å². The van der Waals surface area contributed by atoms with Gasteiger partial charge in [-0.05, 0) is 6.42 Å². The summed E-state index contributed by atoms with van der Waals surface area (Å²) in [7, 11) is 1.56. The zero-order valence-corrected chi connectivity index (χ0v) is 9.03. The molecular formula is C10H17NO4. The van der Waals surface area contributed by atoms with Crippen LogP contribution in [0.5, 0.6) is 0 Å². The molecule has 0 heterocycles. The van der Waals surface area contributed by atoms with Gasteiger partial charge in [0.2, 0.25) is 5.91 Å². The summed E-state index contributed by atoms with van der Waals surface area (Å²) in [5.41, 5.74) is 0. The highest BCUT2D eigenvalue weighted by Gasteiger charge is 2.08. The SMILES string of the molecule is CCCC(COC)NC(=O)C=CC(=O)O. The van der Waals surface area contributed by atoms with Crippen LogP contribution in [0.4, 0.5) is 0 Å². The maximum Gasteiger partial charge on any atom is 0.328 e. The van der Waals surface area contributed by atoms with E-state index >= 15 is 0 Å². The molecule has 0 bridgehead atoms. The number of carbonyl (C=O) groups excluding carboxylic acids is 1. The van der Waals surface area contributed by atoms with E-state index in [1.165, 1.54) is 0 Å². The minimum absolute atomic E-state index is 0.0639. The van der Waals surface area contributed by atoms with Gasteiger partial charge in [0.15, 0.2) is 0 Å². The van der Waals surface area contributed by atoms with Crippen molar-refractivity contribution in [3.8, 4) is 0 Å². The van der Waals surface area contributed by atoms with E-state index < -0.39 is 11.9 Å². The first-order valence-electron chi connectivity index (χ1n) is 4.80. The first-order chi connectivity index (χ1) is 7.10. The number of methoxy groups -OCH3 is 1. The number of nitrogens with one attached hydrogen (secondary N) is 1. The molecule has 0 aromatic rings. The lowest BCUT2D eigenvalue weighted by molar-refractivity contribution is -0.131. The molecule has 0 rings (SSSR count). The summed E-state index contributed by atoms with van der Waals surface area (Å²) in [6.45, 7) is 2.43. The van der Waals surface area contributed by atoms with Gasteiger partial charge < -0.3 is 15.2 Å². The van der Waals surface area contributed by atoms with Gasteiger partial charge in [0, 0.05) is 19.3 Å². The summed E-state index contributed by atoms with van der Waals surface area (Å²) in [6, 6.07) is -0.0639. The van der Waals surface area contributed by atoms with E-state index in [1.807, 2.05) is 6.92 Å². The van der Waals surface area contributed by atoms with Crippen molar-refractivity contribution < 1.29 is 19.4 Å². The first kappa shape index (κ1) is 13.6. The number of carboxylic acids is 1. The van der Waals surface area contributed by atoms with Gasteiger partial charge in [-0.15, -0.1) is 0 Å². The smallest absolute Gasteiger partial charge is 0.328 e. The monoisotopic (exact) mass is 215 g/mol. The Bertz CT molecular complexity index is 232. The van der Waals surface area contributed by atoms with Crippen LogP contribution in [-0.2, 0) is 14.3 Å². The predicted octanol–water partition coefficient (Wildman–Crippen LogP) is 0.558. The van der Waals surface area contributed by atoms with Gasteiger partial charge in [-0.25, -0.2) is 4.79 Å². The van der Waals surface area contributed by atoms with Crippen LogP contribution in [0.15, 0.2) is 12.2 Å². The second-order valence-corrected chi connectivity index (χ2v) is 3.12. The van der Waals surface area contributed by atoms with Gasteiger partial charge in [0.1, 0.15) is 0 Å². The van der Waals surface area contributed by atoms with Crippen LogP contribution < -0.4 is 5.32 Å². The van der Waals surface area contributed by atoms with E-state index in [0.717, 1.165) is 25.0 Å². The minimum atomic E-state index is -1.14. The second-order valence-electron chi connectivity index (χ2n) is 3.12. The van der Waals surface area contributed by atoms with Gasteiger partial charge in [0.25, 0.3) is 0 Å². The van der Waals surface area contributed by atoms with E-state index in [2.05, 4.69) is 5.32 Å². The lowest BCUT2D eigenvalue weighted by Crippen LogP contribution is -2.37. The Morgan fingerprint density at radius 3 is 2.60 bits per heavy atom. The van der Waals surface area contributed by atoms with Crippen molar-refractivity contribution >= 4 is 11.9 Å². The highest BCUT2D eigenvalue weighted by atomic mass is 16.5. The van der Waals surface area contributed by atoms with Crippen LogP contribution in [0, 0.1) is 0 Å². The molecule has 15 heavy (non-hydrogen) atoms. The molecule has 1 atom stereocenters. The van der Waals surface area contributed by atoms with Crippen LogP contribution in [0.3, 0.4) is 0 Å². The number of ether oxygens (including phenoxy) is 1. The topological polar surface area (TPSA) is 75.6 Å². The third-order valence-electron chi connectivity index (χ3n) is 1.73. The van der Waals surface area contributed by atoms with Gasteiger partial charge >= 0.3 is 5.97 Å². The lowest BCUT2D eigenvalue weighted by Gasteiger charge is -2.15. The molecule has 86 valence electrons. The third kappa shape index (κ3) is 7.69. The molecule has 0 aliphatic heterocycles. The second kappa shape index (κ2) is 7.99. The summed E-state index contributed by atoms with van der Waals surface area (Å²) in [6.07, 6.45) is 3.54. The normalized spacial score (nSPS) is 12.7. The quantitative estimate of drug-likeness (QED) is 0.608. The Balaban J connectivity index is 4.04. The van der Waals surface area contributed by atoms with Crippen LogP contribution >= 0.6 is 0 Å².